The van der Waals surface area contributed by atoms with Crippen LogP contribution >= 0.6 is 23.5 Å². The van der Waals surface area contributed by atoms with Gasteiger partial charge in [0.1, 0.15) is 40.9 Å². The van der Waals surface area contributed by atoms with Gasteiger partial charge in [0.15, 0.2) is 5.82 Å². The van der Waals surface area contributed by atoms with Gasteiger partial charge in [-0.1, -0.05) is 23.6 Å². The molecule has 59 heavy (non-hydrogen) atoms. The van der Waals surface area contributed by atoms with E-state index in [0.717, 1.165) is 29.7 Å². The number of nitrogens with one attached hydrogen (secondary N) is 2. The Bertz CT molecular complexity index is 2350. The van der Waals surface area contributed by atoms with E-state index in [9.17, 15) is 44.1 Å². The summed E-state index contributed by atoms with van der Waals surface area (Å²) >= 11 is 8.05. The SMILES string of the molecule is CS(=O)C(C)(C)C#Cc1ccc(-c2ccc(Cl)c3c(NSC4CC4)nn(CC(F)F)c23)c(C(Cc2cc(F)cc(F)c2)NC(=O)CN=C(C=C(N)C(F)F)C(C)(F)F)n1. The highest BCUT2D eigenvalue weighted by Gasteiger charge is 2.31. The Morgan fingerprint density at radius 2 is 1.76 bits per heavy atom. The molecule has 5 rings (SSSR count). The van der Waals surface area contributed by atoms with Crippen LogP contribution in [0.4, 0.5) is 40.9 Å². The van der Waals surface area contributed by atoms with Crippen LogP contribution < -0.4 is 15.8 Å². The van der Waals surface area contributed by atoms with Crippen molar-refractivity contribution in [1.29, 1.82) is 0 Å². The van der Waals surface area contributed by atoms with Crippen LogP contribution in [0.25, 0.3) is 22.0 Å². The average molecular weight is 888 g/mol. The summed E-state index contributed by atoms with van der Waals surface area (Å²) < 4.78 is 128. The third kappa shape index (κ3) is 12.0. The van der Waals surface area contributed by atoms with Crippen molar-refractivity contribution in [3.8, 4) is 23.0 Å². The molecule has 1 fully saturated rings. The summed E-state index contributed by atoms with van der Waals surface area (Å²) in [5.41, 5.74) is 3.37. The van der Waals surface area contributed by atoms with E-state index in [1.807, 2.05) is 0 Å². The van der Waals surface area contributed by atoms with Crippen molar-refractivity contribution in [2.75, 3.05) is 17.5 Å². The molecule has 0 bridgehead atoms. The number of alkyl halides is 6. The van der Waals surface area contributed by atoms with Gasteiger partial charge in [-0.25, -0.2) is 31.3 Å². The van der Waals surface area contributed by atoms with Gasteiger partial charge in [-0.2, -0.15) is 13.9 Å². The summed E-state index contributed by atoms with van der Waals surface area (Å²) in [6, 6.07) is 7.25. The van der Waals surface area contributed by atoms with Gasteiger partial charge in [-0.15, -0.1) is 0 Å². The van der Waals surface area contributed by atoms with Gasteiger partial charge < -0.3 is 15.8 Å². The molecule has 2 aromatic heterocycles. The van der Waals surface area contributed by atoms with E-state index in [2.05, 4.69) is 32.0 Å². The number of carbonyl (C=O) groups excluding carboxylic acids is 1. The molecular formula is C39H38ClF8N7O2S2. The fraction of sp³-hybridized carbons (Fsp3) is 0.385. The minimum atomic E-state index is -3.80. The second-order valence-electron chi connectivity index (χ2n) is 14.1. The zero-order valence-corrected chi connectivity index (χ0v) is 34.3. The van der Waals surface area contributed by atoms with Gasteiger partial charge in [0.05, 0.1) is 33.4 Å². The first-order valence-electron chi connectivity index (χ1n) is 17.8. The molecule has 4 aromatic rings. The first-order chi connectivity index (χ1) is 27.6. The van der Waals surface area contributed by atoms with Gasteiger partial charge in [-0.3, -0.25) is 18.7 Å². The Morgan fingerprint density at radius 3 is 2.36 bits per heavy atom. The van der Waals surface area contributed by atoms with Gasteiger partial charge in [0.25, 0.3) is 18.8 Å². The Labute approximate surface area is 346 Å². The lowest BCUT2D eigenvalue weighted by molar-refractivity contribution is -0.120. The van der Waals surface area contributed by atoms with Crippen LogP contribution in [-0.2, 0) is 28.6 Å². The minimum Gasteiger partial charge on any atom is -0.397 e. The van der Waals surface area contributed by atoms with Crippen molar-refractivity contribution in [2.45, 2.75) is 81.4 Å². The van der Waals surface area contributed by atoms with Gasteiger partial charge in [-0.05, 0) is 92.9 Å². The number of aliphatic imine (C=N–C) groups is 1. The van der Waals surface area contributed by atoms with Crippen LogP contribution in [0.2, 0.25) is 5.02 Å². The molecular weight excluding hydrogens is 850 g/mol. The Balaban J connectivity index is 1.74. The molecule has 20 heteroatoms. The van der Waals surface area contributed by atoms with E-state index < -0.39 is 88.8 Å². The van der Waals surface area contributed by atoms with Gasteiger partial charge in [0, 0.05) is 46.4 Å². The number of allylic oxidation sites excluding steroid dienone is 2. The molecule has 9 nitrogen and oxygen atoms in total. The monoisotopic (exact) mass is 887 g/mol. The quantitative estimate of drug-likeness (QED) is 0.0445. The number of nitrogens with zero attached hydrogens (tertiary/aromatic N) is 4. The van der Waals surface area contributed by atoms with Crippen LogP contribution in [0.5, 0.6) is 0 Å². The van der Waals surface area contributed by atoms with Crippen LogP contribution in [0.1, 0.15) is 56.6 Å². The number of halogens is 9. The molecule has 316 valence electrons. The van der Waals surface area contributed by atoms with Crippen LogP contribution in [0.15, 0.2) is 59.2 Å². The van der Waals surface area contributed by atoms with Crippen molar-refractivity contribution in [3.63, 3.8) is 0 Å². The number of hydrogen-bond donors (Lipinski definition) is 3. The number of aromatic nitrogens is 3. The molecule has 2 atom stereocenters. The predicted molar refractivity (Wildman–Crippen MR) is 215 cm³/mol. The molecule has 2 heterocycles. The lowest BCUT2D eigenvalue weighted by Gasteiger charge is -2.23. The minimum absolute atomic E-state index is 0.00375. The highest BCUT2D eigenvalue weighted by Crippen LogP contribution is 2.42. The Kier molecular flexibility index (Phi) is 14.4. The van der Waals surface area contributed by atoms with Crippen LogP contribution in [-0.4, -0.2) is 72.2 Å². The smallest absolute Gasteiger partial charge is 0.286 e. The molecule has 1 amide bonds. The summed E-state index contributed by atoms with van der Waals surface area (Å²) in [5, 5.41) is 7.76. The van der Waals surface area contributed by atoms with Gasteiger partial charge >= 0.3 is 0 Å². The molecule has 0 spiro atoms. The van der Waals surface area contributed by atoms with Crippen molar-refractivity contribution in [1.82, 2.24) is 20.1 Å². The van der Waals surface area contributed by atoms with E-state index >= 15 is 0 Å². The second kappa shape index (κ2) is 18.7. The first-order valence-corrected chi connectivity index (χ1v) is 20.6. The molecule has 0 aliphatic heterocycles. The molecule has 1 aliphatic rings. The lowest BCUT2D eigenvalue weighted by atomic mass is 9.93. The fourth-order valence-corrected chi connectivity index (χ4v) is 6.82. The topological polar surface area (TPSA) is 127 Å². The molecule has 2 aromatic carbocycles. The second-order valence-corrected chi connectivity index (χ2v) is 17.6. The van der Waals surface area contributed by atoms with Crippen molar-refractivity contribution >= 4 is 62.7 Å². The van der Waals surface area contributed by atoms with E-state index in [1.54, 1.807) is 13.8 Å². The van der Waals surface area contributed by atoms with E-state index in [-0.39, 0.29) is 61.1 Å². The normalized spacial score (nSPS) is 15.0. The summed E-state index contributed by atoms with van der Waals surface area (Å²) in [4.78, 5) is 21.9. The molecule has 0 saturated heterocycles. The maximum Gasteiger partial charge on any atom is 0.286 e. The molecule has 4 N–H and O–H groups in total. The number of amides is 1. The van der Waals surface area contributed by atoms with Crippen molar-refractivity contribution < 1.29 is 44.1 Å². The molecule has 0 radical (unpaired) electrons. The summed E-state index contributed by atoms with van der Waals surface area (Å²) in [6.45, 7) is 1.73. The van der Waals surface area contributed by atoms with Crippen LogP contribution in [0.3, 0.4) is 0 Å². The summed E-state index contributed by atoms with van der Waals surface area (Å²) in [5.74, 6) is -0.829. The predicted octanol–water partition coefficient (Wildman–Crippen LogP) is 8.63. The lowest BCUT2D eigenvalue weighted by Crippen LogP contribution is -2.34. The number of nitrogens with two attached hydrogens (primary N) is 1. The molecule has 1 aliphatic carbocycles. The maximum atomic E-state index is 14.6. The number of carbonyl (C=O) groups is 1. The zero-order chi connectivity index (χ0) is 43.4. The number of anilines is 1. The first kappa shape index (κ1) is 45.4. The van der Waals surface area contributed by atoms with E-state index in [4.69, 9.17) is 22.3 Å². The number of benzene rings is 2. The van der Waals surface area contributed by atoms with Crippen molar-refractivity contribution in [2.24, 2.45) is 10.7 Å². The van der Waals surface area contributed by atoms with E-state index in [1.165, 1.54) is 42.5 Å². The summed E-state index contributed by atoms with van der Waals surface area (Å²) in [6.07, 6.45) is -2.94. The molecule has 2 unspecified atom stereocenters. The van der Waals surface area contributed by atoms with Crippen molar-refractivity contribution in [3.05, 3.63) is 87.8 Å². The Morgan fingerprint density at radius 1 is 1.10 bits per heavy atom. The maximum absolute atomic E-state index is 14.6. The average Bonchev–Trinajstić information content (AvgIpc) is 3.90. The highest BCUT2D eigenvalue weighted by molar-refractivity contribution is 8.01. The van der Waals surface area contributed by atoms with Crippen LogP contribution in [0, 0.1) is 23.5 Å². The number of pyridine rings is 1. The summed E-state index contributed by atoms with van der Waals surface area (Å²) in [7, 11) is -1.42. The number of hydrogen-bond acceptors (Lipinski definition) is 8. The third-order valence-electron chi connectivity index (χ3n) is 8.85. The standard InChI is InChI=1S/C39H38ClF8N7O2S2/c1-38(2,59(4)57)12-11-23-5-8-25(26-9-10-27(40)33-35(26)55(19-31(43)44)53-37(33)54-58-24-6-7-24)34(51-23)29(15-20-13-21(41)16-22(42)14-20)52-32(56)18-50-30(39(3,47)48)17-28(49)36(45)46/h5,8-10,13-14,16-17,24,29,31,36H,6-7,15,18-19,49H2,1-4H3,(H,52,56)(H,53,54). The molecule has 1 saturated carbocycles. The van der Waals surface area contributed by atoms with E-state index in [0.29, 0.717) is 13.0 Å². The fourth-order valence-electron chi connectivity index (χ4n) is 5.59. The number of fused-ring (bicyclic) bond motifs is 1. The third-order valence-corrected chi connectivity index (χ3v) is 11.8. The highest BCUT2D eigenvalue weighted by atomic mass is 35.5. The largest absolute Gasteiger partial charge is 0.397 e. The Hall–Kier alpha value is -4.67. The number of rotatable bonds is 16. The van der Waals surface area contributed by atoms with Gasteiger partial charge in [0.2, 0.25) is 5.91 Å². The zero-order valence-electron chi connectivity index (χ0n) is 31.9.